The molecular weight excluding hydrogens is 240 g/mol. The molecule has 0 nitrogen and oxygen atoms in total. The largest absolute Gasteiger partial charge is 0.0654 e. The SMILES string of the molecule is CCCCCCC(C)CCCC.CCCCCCCC. The minimum atomic E-state index is 0.974. The first-order valence-electron chi connectivity index (χ1n) is 9.72. The van der Waals surface area contributed by atoms with Crippen LogP contribution < -0.4 is 0 Å². The van der Waals surface area contributed by atoms with Crippen LogP contribution in [0.3, 0.4) is 0 Å². The first-order chi connectivity index (χ1) is 9.72. The summed E-state index contributed by atoms with van der Waals surface area (Å²) in [5.41, 5.74) is 0. The van der Waals surface area contributed by atoms with Crippen molar-refractivity contribution in [3.8, 4) is 0 Å². The maximum absolute atomic E-state index is 2.40. The Morgan fingerprint density at radius 2 is 0.800 bits per heavy atom. The molecule has 0 radical (unpaired) electrons. The fourth-order valence-corrected chi connectivity index (χ4v) is 2.47. The number of rotatable bonds is 13. The zero-order valence-electron chi connectivity index (χ0n) is 15.5. The lowest BCUT2D eigenvalue weighted by Gasteiger charge is -2.09. The van der Waals surface area contributed by atoms with E-state index < -0.39 is 0 Å². The van der Waals surface area contributed by atoms with Crippen molar-refractivity contribution in [3.63, 3.8) is 0 Å². The summed E-state index contributed by atoms with van der Waals surface area (Å²) in [5.74, 6) is 0.974. The minimum Gasteiger partial charge on any atom is -0.0654 e. The average molecular weight is 285 g/mol. The van der Waals surface area contributed by atoms with Crippen molar-refractivity contribution in [1.29, 1.82) is 0 Å². The summed E-state index contributed by atoms with van der Waals surface area (Å²) in [6.45, 7) is 11.5. The van der Waals surface area contributed by atoms with Crippen molar-refractivity contribution in [2.24, 2.45) is 5.92 Å². The lowest BCUT2D eigenvalue weighted by molar-refractivity contribution is 0.445. The van der Waals surface area contributed by atoms with E-state index in [9.17, 15) is 0 Å². The summed E-state index contributed by atoms with van der Waals surface area (Å²) >= 11 is 0. The molecule has 0 saturated heterocycles. The Bertz CT molecular complexity index is 133. The van der Waals surface area contributed by atoms with Gasteiger partial charge in [0.15, 0.2) is 0 Å². The summed E-state index contributed by atoms with van der Waals surface area (Å²) in [6.07, 6.45) is 19.9. The van der Waals surface area contributed by atoms with Gasteiger partial charge < -0.3 is 0 Å². The fraction of sp³-hybridized carbons (Fsp3) is 1.00. The fourth-order valence-electron chi connectivity index (χ4n) is 2.47. The van der Waals surface area contributed by atoms with Gasteiger partial charge in [-0.05, 0) is 5.92 Å². The monoisotopic (exact) mass is 284 g/mol. The summed E-state index contributed by atoms with van der Waals surface area (Å²) in [6, 6.07) is 0. The second-order valence-electron chi connectivity index (χ2n) is 6.51. The molecule has 0 fully saturated rings. The number of hydrogen-bond acceptors (Lipinski definition) is 0. The topological polar surface area (TPSA) is 0 Å². The zero-order chi connectivity index (χ0) is 15.5. The van der Waals surface area contributed by atoms with E-state index in [1.54, 1.807) is 0 Å². The predicted molar refractivity (Wildman–Crippen MR) is 96.5 cm³/mol. The minimum absolute atomic E-state index is 0.974. The Kier molecular flexibility index (Phi) is 23.7. The highest BCUT2D eigenvalue weighted by Gasteiger charge is 2.00. The molecule has 0 aromatic rings. The Morgan fingerprint density at radius 3 is 1.20 bits per heavy atom. The second-order valence-corrected chi connectivity index (χ2v) is 6.51. The van der Waals surface area contributed by atoms with Crippen LogP contribution in [0.25, 0.3) is 0 Å². The van der Waals surface area contributed by atoms with Crippen molar-refractivity contribution in [2.45, 2.75) is 125 Å². The van der Waals surface area contributed by atoms with E-state index in [2.05, 4.69) is 34.6 Å². The van der Waals surface area contributed by atoms with Crippen LogP contribution in [0.1, 0.15) is 125 Å². The van der Waals surface area contributed by atoms with E-state index in [-0.39, 0.29) is 0 Å². The van der Waals surface area contributed by atoms with E-state index in [4.69, 9.17) is 0 Å². The summed E-state index contributed by atoms with van der Waals surface area (Å²) in [7, 11) is 0. The van der Waals surface area contributed by atoms with Gasteiger partial charge in [0.2, 0.25) is 0 Å². The van der Waals surface area contributed by atoms with Gasteiger partial charge in [-0.2, -0.15) is 0 Å². The molecule has 20 heavy (non-hydrogen) atoms. The number of unbranched alkanes of at least 4 members (excludes halogenated alkanes) is 9. The van der Waals surface area contributed by atoms with Gasteiger partial charge in [0.25, 0.3) is 0 Å². The second kappa shape index (κ2) is 21.3. The summed E-state index contributed by atoms with van der Waals surface area (Å²) in [4.78, 5) is 0. The third-order valence-corrected chi connectivity index (χ3v) is 4.06. The van der Waals surface area contributed by atoms with Crippen LogP contribution in [0, 0.1) is 5.92 Å². The van der Waals surface area contributed by atoms with Crippen LogP contribution in [-0.4, -0.2) is 0 Å². The molecule has 0 N–H and O–H groups in total. The van der Waals surface area contributed by atoms with E-state index in [0.29, 0.717) is 0 Å². The normalized spacial score (nSPS) is 11.8. The Balaban J connectivity index is 0. The molecule has 0 rings (SSSR count). The van der Waals surface area contributed by atoms with Crippen molar-refractivity contribution in [3.05, 3.63) is 0 Å². The van der Waals surface area contributed by atoms with Crippen LogP contribution in [0.5, 0.6) is 0 Å². The van der Waals surface area contributed by atoms with Gasteiger partial charge in [-0.3, -0.25) is 0 Å². The maximum Gasteiger partial charge on any atom is -0.0443 e. The van der Waals surface area contributed by atoms with E-state index in [0.717, 1.165) is 5.92 Å². The summed E-state index contributed by atoms with van der Waals surface area (Å²) in [5, 5.41) is 0. The van der Waals surface area contributed by atoms with Gasteiger partial charge in [-0.15, -0.1) is 0 Å². The molecule has 1 unspecified atom stereocenters. The zero-order valence-corrected chi connectivity index (χ0v) is 15.5. The molecule has 0 aromatic carbocycles. The average Bonchev–Trinajstić information content (AvgIpc) is 2.47. The van der Waals surface area contributed by atoms with Crippen LogP contribution in [0.4, 0.5) is 0 Å². The molecule has 0 heterocycles. The first kappa shape index (κ1) is 22.3. The standard InChI is InChI=1S/C12H26.C8H18/c1-4-6-8-9-11-12(3)10-7-5-2;1-3-5-7-8-6-4-2/h12H,4-11H2,1-3H3;3-8H2,1-2H3. The first-order valence-corrected chi connectivity index (χ1v) is 9.72. The van der Waals surface area contributed by atoms with E-state index in [1.165, 1.54) is 89.9 Å². The van der Waals surface area contributed by atoms with E-state index in [1.807, 2.05) is 0 Å². The smallest absolute Gasteiger partial charge is 0.0443 e. The highest BCUT2D eigenvalue weighted by molar-refractivity contribution is 4.53. The molecule has 0 spiro atoms. The molecule has 0 saturated carbocycles. The lowest BCUT2D eigenvalue weighted by Crippen LogP contribution is -1.94. The van der Waals surface area contributed by atoms with Gasteiger partial charge in [-0.25, -0.2) is 0 Å². The molecule has 1 atom stereocenters. The van der Waals surface area contributed by atoms with Gasteiger partial charge in [0, 0.05) is 0 Å². The van der Waals surface area contributed by atoms with Crippen LogP contribution >= 0.6 is 0 Å². The maximum atomic E-state index is 2.40. The van der Waals surface area contributed by atoms with Gasteiger partial charge >= 0.3 is 0 Å². The van der Waals surface area contributed by atoms with Gasteiger partial charge in [-0.1, -0.05) is 125 Å². The highest BCUT2D eigenvalue weighted by Crippen LogP contribution is 2.15. The lowest BCUT2D eigenvalue weighted by atomic mass is 9.97. The highest BCUT2D eigenvalue weighted by atomic mass is 14.1. The third kappa shape index (κ3) is 23.1. The molecule has 0 aliphatic rings. The van der Waals surface area contributed by atoms with Crippen molar-refractivity contribution >= 4 is 0 Å². The van der Waals surface area contributed by atoms with Gasteiger partial charge in [0.05, 0.1) is 0 Å². The van der Waals surface area contributed by atoms with Crippen LogP contribution in [0.15, 0.2) is 0 Å². The molecule has 124 valence electrons. The van der Waals surface area contributed by atoms with E-state index >= 15 is 0 Å². The van der Waals surface area contributed by atoms with Crippen molar-refractivity contribution in [1.82, 2.24) is 0 Å². The molecule has 0 amide bonds. The summed E-state index contributed by atoms with van der Waals surface area (Å²) < 4.78 is 0. The quantitative estimate of drug-likeness (QED) is 0.299. The van der Waals surface area contributed by atoms with Crippen molar-refractivity contribution in [2.75, 3.05) is 0 Å². The molecule has 0 heteroatoms. The molecule has 0 aliphatic heterocycles. The van der Waals surface area contributed by atoms with Gasteiger partial charge in [0.1, 0.15) is 0 Å². The number of hydrogen-bond donors (Lipinski definition) is 0. The van der Waals surface area contributed by atoms with Crippen molar-refractivity contribution < 1.29 is 0 Å². The van der Waals surface area contributed by atoms with Crippen LogP contribution in [0.2, 0.25) is 0 Å². The Hall–Kier alpha value is 0. The predicted octanol–water partition coefficient (Wildman–Crippen LogP) is 8.15. The third-order valence-electron chi connectivity index (χ3n) is 4.06. The molecular formula is C20H44. The molecule has 0 aliphatic carbocycles. The molecule has 0 bridgehead atoms. The van der Waals surface area contributed by atoms with Crippen LogP contribution in [-0.2, 0) is 0 Å². The Morgan fingerprint density at radius 1 is 0.450 bits per heavy atom. The molecule has 0 aromatic heterocycles. The Labute approximate surface area is 131 Å².